The predicted molar refractivity (Wildman–Crippen MR) is 73.6 cm³/mol. The molecular weight excluding hydrogens is 251 g/mol. The molecule has 2 aliphatic carbocycles. The Morgan fingerprint density at radius 2 is 0.824 bits per heavy atom. The summed E-state index contributed by atoms with van der Waals surface area (Å²) in [7, 11) is 0. The van der Waals surface area contributed by atoms with Gasteiger partial charge in [0, 0.05) is 16.8 Å². The van der Waals surface area contributed by atoms with Crippen molar-refractivity contribution in [2.24, 2.45) is 23.7 Å². The first kappa shape index (κ1) is 17.5. The zero-order valence-electron chi connectivity index (χ0n) is 12.3. The molecule has 0 aromatic rings. The number of hydrogen-bond acceptors (Lipinski definition) is 0. The summed E-state index contributed by atoms with van der Waals surface area (Å²) in [5.41, 5.74) is 0. The Balaban J connectivity index is 0.000000284. The summed E-state index contributed by atoms with van der Waals surface area (Å²) in [5.74, 6) is 4.01. The second-order valence-corrected chi connectivity index (χ2v) is 6.58. The van der Waals surface area contributed by atoms with E-state index in [4.69, 9.17) is 0 Å². The minimum Gasteiger partial charge on any atom is -0.0625 e. The van der Waals surface area contributed by atoms with Crippen LogP contribution >= 0.6 is 0 Å². The quantitative estimate of drug-likeness (QED) is 0.613. The van der Waals surface area contributed by atoms with Crippen molar-refractivity contribution in [2.75, 3.05) is 0 Å². The molecule has 0 nitrogen and oxygen atoms in total. The van der Waals surface area contributed by atoms with Crippen molar-refractivity contribution in [1.29, 1.82) is 0 Å². The van der Waals surface area contributed by atoms with Crippen LogP contribution in [0.1, 0.15) is 79.1 Å². The average molecular weight is 283 g/mol. The van der Waals surface area contributed by atoms with E-state index in [1.807, 2.05) is 0 Å². The largest absolute Gasteiger partial charge is 0.0625 e. The summed E-state index contributed by atoms with van der Waals surface area (Å²) in [6.07, 6.45) is 11.9. The average Bonchev–Trinajstić information content (AvgIpc) is 2.93. The Kier molecular flexibility index (Phi) is 9.72. The van der Waals surface area contributed by atoms with E-state index in [-0.39, 0.29) is 16.8 Å². The molecule has 2 fully saturated rings. The van der Waals surface area contributed by atoms with Crippen molar-refractivity contribution in [3.8, 4) is 0 Å². The van der Waals surface area contributed by atoms with Crippen molar-refractivity contribution in [3.05, 3.63) is 0 Å². The third-order valence-corrected chi connectivity index (χ3v) is 4.69. The van der Waals surface area contributed by atoms with Crippen molar-refractivity contribution in [3.63, 3.8) is 0 Å². The Morgan fingerprint density at radius 1 is 0.588 bits per heavy atom. The molecule has 0 unspecified atom stereocenters. The molecule has 0 bridgehead atoms. The third-order valence-electron chi connectivity index (χ3n) is 4.69. The van der Waals surface area contributed by atoms with Crippen LogP contribution in [0.4, 0.5) is 0 Å². The minimum absolute atomic E-state index is 0. The Bertz CT molecular complexity index is 142. The third kappa shape index (κ3) is 6.86. The fourth-order valence-electron chi connectivity index (χ4n) is 3.25. The van der Waals surface area contributed by atoms with Crippen LogP contribution < -0.4 is 0 Å². The first-order chi connectivity index (χ1) is 7.61. The molecule has 0 aliphatic heterocycles. The molecule has 1 radical (unpaired) electrons. The second kappa shape index (κ2) is 9.44. The number of rotatable bonds is 2. The summed E-state index contributed by atoms with van der Waals surface area (Å²) < 4.78 is 0. The Labute approximate surface area is 120 Å². The van der Waals surface area contributed by atoms with E-state index in [0.29, 0.717) is 0 Å². The molecule has 17 heavy (non-hydrogen) atoms. The van der Waals surface area contributed by atoms with Gasteiger partial charge in [0.1, 0.15) is 0 Å². The summed E-state index contributed by atoms with van der Waals surface area (Å²) in [6, 6.07) is 0. The molecule has 105 valence electrons. The molecule has 2 rings (SSSR count). The second-order valence-electron chi connectivity index (χ2n) is 6.58. The van der Waals surface area contributed by atoms with E-state index in [2.05, 4.69) is 27.7 Å². The molecule has 1 heteroatoms. The molecular formula is C16H32Co. The molecule has 2 saturated carbocycles. The summed E-state index contributed by atoms with van der Waals surface area (Å²) in [6.45, 7) is 9.37. The van der Waals surface area contributed by atoms with Crippen molar-refractivity contribution in [1.82, 2.24) is 0 Å². The van der Waals surface area contributed by atoms with Crippen LogP contribution in [0.25, 0.3) is 0 Å². The van der Waals surface area contributed by atoms with E-state index in [0.717, 1.165) is 23.7 Å². The van der Waals surface area contributed by atoms with Gasteiger partial charge in [-0.2, -0.15) is 0 Å². The van der Waals surface area contributed by atoms with E-state index < -0.39 is 0 Å². The topological polar surface area (TPSA) is 0 Å². The van der Waals surface area contributed by atoms with Gasteiger partial charge in [0.2, 0.25) is 0 Å². The maximum Gasteiger partial charge on any atom is 0 e. The molecule has 0 saturated heterocycles. The van der Waals surface area contributed by atoms with Gasteiger partial charge in [-0.15, -0.1) is 0 Å². The van der Waals surface area contributed by atoms with Gasteiger partial charge in [0.15, 0.2) is 0 Å². The van der Waals surface area contributed by atoms with Crippen LogP contribution in [0.5, 0.6) is 0 Å². The predicted octanol–water partition coefficient (Wildman–Crippen LogP) is 5.66. The van der Waals surface area contributed by atoms with Gasteiger partial charge in [-0.1, -0.05) is 79.1 Å². The van der Waals surface area contributed by atoms with Crippen molar-refractivity contribution >= 4 is 0 Å². The smallest absolute Gasteiger partial charge is 0 e. The van der Waals surface area contributed by atoms with E-state index in [1.54, 1.807) is 0 Å². The van der Waals surface area contributed by atoms with Crippen LogP contribution in [0.3, 0.4) is 0 Å². The minimum atomic E-state index is 0. The first-order valence-electron chi connectivity index (χ1n) is 7.61. The zero-order chi connectivity index (χ0) is 12.0. The molecule has 0 aromatic carbocycles. The van der Waals surface area contributed by atoms with E-state index in [1.165, 1.54) is 51.4 Å². The van der Waals surface area contributed by atoms with E-state index in [9.17, 15) is 0 Å². The van der Waals surface area contributed by atoms with Gasteiger partial charge in [-0.3, -0.25) is 0 Å². The maximum atomic E-state index is 2.34. The summed E-state index contributed by atoms with van der Waals surface area (Å²) in [5, 5.41) is 0. The van der Waals surface area contributed by atoms with Gasteiger partial charge in [0.25, 0.3) is 0 Å². The molecule has 0 N–H and O–H groups in total. The van der Waals surface area contributed by atoms with Crippen LogP contribution in [-0.4, -0.2) is 0 Å². The fourth-order valence-corrected chi connectivity index (χ4v) is 3.25. The van der Waals surface area contributed by atoms with Crippen LogP contribution in [0, 0.1) is 23.7 Å². The van der Waals surface area contributed by atoms with Crippen molar-refractivity contribution < 1.29 is 16.8 Å². The number of hydrogen-bond donors (Lipinski definition) is 0. The SMILES string of the molecule is CC(C)C1CCCC1.CC(C)C1CCCC1.[Co]. The monoisotopic (exact) mass is 283 g/mol. The van der Waals surface area contributed by atoms with Gasteiger partial charge in [-0.05, 0) is 23.7 Å². The van der Waals surface area contributed by atoms with Gasteiger partial charge in [-0.25, -0.2) is 0 Å². The molecule has 0 atom stereocenters. The first-order valence-corrected chi connectivity index (χ1v) is 7.61. The van der Waals surface area contributed by atoms with Crippen molar-refractivity contribution in [2.45, 2.75) is 79.1 Å². The fraction of sp³-hybridized carbons (Fsp3) is 1.00. The maximum absolute atomic E-state index is 2.34. The van der Waals surface area contributed by atoms with Crippen LogP contribution in [0.2, 0.25) is 0 Å². The molecule has 2 aliphatic rings. The zero-order valence-corrected chi connectivity index (χ0v) is 13.3. The molecule has 0 aromatic heterocycles. The Hall–Kier alpha value is 0.506. The van der Waals surface area contributed by atoms with E-state index >= 15 is 0 Å². The van der Waals surface area contributed by atoms with Gasteiger partial charge >= 0.3 is 0 Å². The summed E-state index contributed by atoms with van der Waals surface area (Å²) in [4.78, 5) is 0. The van der Waals surface area contributed by atoms with Crippen LogP contribution in [0.15, 0.2) is 0 Å². The van der Waals surface area contributed by atoms with Gasteiger partial charge < -0.3 is 0 Å². The van der Waals surface area contributed by atoms with Crippen LogP contribution in [-0.2, 0) is 16.8 Å². The molecule has 0 spiro atoms. The Morgan fingerprint density at radius 3 is 0.941 bits per heavy atom. The molecule has 0 amide bonds. The summed E-state index contributed by atoms with van der Waals surface area (Å²) >= 11 is 0. The normalized spacial score (nSPS) is 21.5. The molecule has 0 heterocycles. The standard InChI is InChI=1S/2C8H16.Co/c2*1-7(2)8-5-3-4-6-8;/h2*7-8H,3-6H2,1-2H3;. The van der Waals surface area contributed by atoms with Gasteiger partial charge in [0.05, 0.1) is 0 Å².